The maximum atomic E-state index is 5.84. The van der Waals surface area contributed by atoms with E-state index in [2.05, 4.69) is 25.9 Å². The van der Waals surface area contributed by atoms with Crippen molar-refractivity contribution in [2.45, 2.75) is 6.92 Å². The van der Waals surface area contributed by atoms with E-state index < -0.39 is 0 Å². The third-order valence-electron chi connectivity index (χ3n) is 2.07. The molecule has 0 aliphatic carbocycles. The summed E-state index contributed by atoms with van der Waals surface area (Å²) in [5.74, 6) is 0.718. The van der Waals surface area contributed by atoms with Gasteiger partial charge in [-0.2, -0.15) is 0 Å². The molecule has 2 N–H and O–H groups in total. The van der Waals surface area contributed by atoms with Crippen LogP contribution in [0.25, 0.3) is 11.3 Å². The Hall–Kier alpha value is -1.42. The van der Waals surface area contributed by atoms with Gasteiger partial charge in [-0.15, -0.1) is 0 Å². The van der Waals surface area contributed by atoms with Gasteiger partial charge in [0.15, 0.2) is 0 Å². The molecular formula is C11H10BrN3. The van der Waals surface area contributed by atoms with Crippen molar-refractivity contribution in [2.75, 3.05) is 5.73 Å². The van der Waals surface area contributed by atoms with Crippen LogP contribution in [0.1, 0.15) is 5.82 Å². The first kappa shape index (κ1) is 10.1. The van der Waals surface area contributed by atoms with Crippen molar-refractivity contribution in [1.29, 1.82) is 0 Å². The van der Waals surface area contributed by atoms with Gasteiger partial charge in [-0.05, 0) is 13.0 Å². The molecule has 0 fully saturated rings. The lowest BCUT2D eigenvalue weighted by molar-refractivity contribution is 1.06. The minimum atomic E-state index is 0.590. The molecule has 3 nitrogen and oxygen atoms in total. The maximum Gasteiger partial charge on any atom is 0.126 e. The van der Waals surface area contributed by atoms with Crippen molar-refractivity contribution in [1.82, 2.24) is 9.97 Å². The molecule has 0 saturated heterocycles. The Morgan fingerprint density at radius 3 is 2.73 bits per heavy atom. The van der Waals surface area contributed by atoms with E-state index in [9.17, 15) is 0 Å². The summed E-state index contributed by atoms with van der Waals surface area (Å²) in [5.41, 5.74) is 8.19. The summed E-state index contributed by atoms with van der Waals surface area (Å²) < 4.78 is 0.981. The Morgan fingerprint density at radius 2 is 2.00 bits per heavy atom. The molecule has 4 heteroatoms. The van der Waals surface area contributed by atoms with Crippen molar-refractivity contribution < 1.29 is 0 Å². The molecule has 2 aromatic rings. The van der Waals surface area contributed by atoms with Gasteiger partial charge in [-0.1, -0.05) is 34.1 Å². The number of anilines is 1. The highest BCUT2D eigenvalue weighted by atomic mass is 79.9. The lowest BCUT2D eigenvalue weighted by atomic mass is 10.1. The molecule has 0 bridgehead atoms. The highest BCUT2D eigenvalue weighted by Crippen LogP contribution is 2.29. The number of hydrogen-bond donors (Lipinski definition) is 1. The molecule has 0 amide bonds. The normalized spacial score (nSPS) is 10.3. The van der Waals surface area contributed by atoms with Crippen LogP contribution in [0.4, 0.5) is 5.69 Å². The molecule has 0 radical (unpaired) electrons. The van der Waals surface area contributed by atoms with E-state index in [1.807, 2.05) is 31.2 Å². The van der Waals surface area contributed by atoms with Gasteiger partial charge in [-0.25, -0.2) is 9.97 Å². The average Bonchev–Trinajstić information content (AvgIpc) is 2.23. The lowest BCUT2D eigenvalue weighted by Gasteiger charge is -2.06. The van der Waals surface area contributed by atoms with Gasteiger partial charge in [-0.3, -0.25) is 0 Å². The van der Waals surface area contributed by atoms with Crippen molar-refractivity contribution in [3.8, 4) is 11.3 Å². The molecule has 1 heterocycles. The number of nitrogen functional groups attached to an aromatic ring is 1. The zero-order valence-electron chi connectivity index (χ0n) is 8.24. The highest BCUT2D eigenvalue weighted by Gasteiger charge is 2.08. The van der Waals surface area contributed by atoms with Crippen LogP contribution >= 0.6 is 15.9 Å². The van der Waals surface area contributed by atoms with E-state index in [1.54, 1.807) is 6.20 Å². The third-order valence-corrected chi connectivity index (χ3v) is 2.76. The Kier molecular flexibility index (Phi) is 2.68. The third kappa shape index (κ3) is 1.99. The molecule has 0 unspecified atom stereocenters. The standard InChI is InChI=1S/C11H10BrN3/c1-7-14-6-10(13)11(15-7)8-4-2-3-5-9(8)12/h2-6H,13H2,1H3. The van der Waals surface area contributed by atoms with Gasteiger partial charge in [0.2, 0.25) is 0 Å². The first-order chi connectivity index (χ1) is 7.18. The largest absolute Gasteiger partial charge is 0.396 e. The van der Waals surface area contributed by atoms with Crippen LogP contribution in [0.5, 0.6) is 0 Å². The van der Waals surface area contributed by atoms with Gasteiger partial charge in [0.25, 0.3) is 0 Å². The first-order valence-corrected chi connectivity index (χ1v) is 5.32. The van der Waals surface area contributed by atoms with Crippen molar-refractivity contribution >= 4 is 21.6 Å². The minimum Gasteiger partial charge on any atom is -0.396 e. The number of aryl methyl sites for hydroxylation is 1. The van der Waals surface area contributed by atoms with Gasteiger partial charge >= 0.3 is 0 Å². The molecule has 15 heavy (non-hydrogen) atoms. The molecule has 0 saturated carbocycles. The quantitative estimate of drug-likeness (QED) is 0.861. The van der Waals surface area contributed by atoms with Gasteiger partial charge in [0.1, 0.15) is 5.82 Å². The molecule has 0 spiro atoms. The maximum absolute atomic E-state index is 5.84. The van der Waals surface area contributed by atoms with Crippen LogP contribution in [0, 0.1) is 6.92 Å². The summed E-state index contributed by atoms with van der Waals surface area (Å²) in [6.45, 7) is 1.85. The SMILES string of the molecule is Cc1ncc(N)c(-c2ccccc2Br)n1. The molecule has 1 aromatic carbocycles. The van der Waals surface area contributed by atoms with E-state index in [0.29, 0.717) is 5.69 Å². The van der Waals surface area contributed by atoms with Crippen LogP contribution in [0.15, 0.2) is 34.9 Å². The summed E-state index contributed by atoms with van der Waals surface area (Å²) in [6, 6.07) is 7.85. The van der Waals surface area contributed by atoms with Crippen LogP contribution in [0.2, 0.25) is 0 Å². The molecule has 0 aliphatic rings. The summed E-state index contributed by atoms with van der Waals surface area (Å²) in [5, 5.41) is 0. The number of hydrogen-bond acceptors (Lipinski definition) is 3. The summed E-state index contributed by atoms with van der Waals surface area (Å²) in [4.78, 5) is 8.38. The Bertz CT molecular complexity index is 497. The minimum absolute atomic E-state index is 0.590. The second kappa shape index (κ2) is 3.98. The predicted molar refractivity (Wildman–Crippen MR) is 64.3 cm³/mol. The van der Waals surface area contributed by atoms with Gasteiger partial charge in [0, 0.05) is 10.0 Å². The van der Waals surface area contributed by atoms with Crippen molar-refractivity contribution in [2.24, 2.45) is 0 Å². The number of rotatable bonds is 1. The number of halogens is 1. The smallest absolute Gasteiger partial charge is 0.126 e. The van der Waals surface area contributed by atoms with Gasteiger partial charge < -0.3 is 5.73 Å². The topological polar surface area (TPSA) is 51.8 Å². The summed E-state index contributed by atoms with van der Waals surface area (Å²) >= 11 is 3.48. The average molecular weight is 264 g/mol. The fourth-order valence-electron chi connectivity index (χ4n) is 1.35. The fraction of sp³-hybridized carbons (Fsp3) is 0.0909. The molecule has 2 rings (SSSR count). The van der Waals surface area contributed by atoms with Crippen molar-refractivity contribution in [3.63, 3.8) is 0 Å². The Morgan fingerprint density at radius 1 is 1.27 bits per heavy atom. The molecule has 76 valence electrons. The lowest BCUT2D eigenvalue weighted by Crippen LogP contribution is -1.98. The number of nitrogens with two attached hydrogens (primary N) is 1. The van der Waals surface area contributed by atoms with Crippen LogP contribution in [0.3, 0.4) is 0 Å². The molecule has 0 aliphatic heterocycles. The second-order valence-corrected chi connectivity index (χ2v) is 4.06. The van der Waals surface area contributed by atoms with Crippen LogP contribution in [-0.4, -0.2) is 9.97 Å². The monoisotopic (exact) mass is 263 g/mol. The van der Waals surface area contributed by atoms with Gasteiger partial charge in [0.05, 0.1) is 17.6 Å². The van der Waals surface area contributed by atoms with Crippen LogP contribution < -0.4 is 5.73 Å². The van der Waals surface area contributed by atoms with Crippen molar-refractivity contribution in [3.05, 3.63) is 40.8 Å². The van der Waals surface area contributed by atoms with E-state index in [0.717, 1.165) is 21.6 Å². The van der Waals surface area contributed by atoms with E-state index in [-0.39, 0.29) is 0 Å². The number of aromatic nitrogens is 2. The molecular weight excluding hydrogens is 254 g/mol. The fourth-order valence-corrected chi connectivity index (χ4v) is 1.82. The zero-order chi connectivity index (χ0) is 10.8. The Balaban J connectivity index is 2.64. The molecule has 0 atom stereocenters. The second-order valence-electron chi connectivity index (χ2n) is 3.20. The highest BCUT2D eigenvalue weighted by molar-refractivity contribution is 9.10. The van der Waals surface area contributed by atoms with E-state index >= 15 is 0 Å². The summed E-state index contributed by atoms with van der Waals surface area (Å²) in [7, 11) is 0. The first-order valence-electron chi connectivity index (χ1n) is 4.52. The van der Waals surface area contributed by atoms with E-state index in [4.69, 9.17) is 5.73 Å². The number of nitrogens with zero attached hydrogens (tertiary/aromatic N) is 2. The molecule has 1 aromatic heterocycles. The summed E-state index contributed by atoms with van der Waals surface area (Å²) in [6.07, 6.45) is 1.64. The van der Waals surface area contributed by atoms with E-state index in [1.165, 1.54) is 0 Å². The Labute approximate surface area is 96.5 Å². The number of benzene rings is 1. The van der Waals surface area contributed by atoms with Crippen LogP contribution in [-0.2, 0) is 0 Å². The zero-order valence-corrected chi connectivity index (χ0v) is 9.82. The predicted octanol–water partition coefficient (Wildman–Crippen LogP) is 2.80.